The molecule has 0 amide bonds. The molecular weight excluding hydrogens is 264 g/mol. The number of rotatable bonds is 5. The van der Waals surface area contributed by atoms with Gasteiger partial charge in [-0.15, -0.1) is 0 Å². The van der Waals surface area contributed by atoms with Gasteiger partial charge >= 0.3 is 0 Å². The van der Waals surface area contributed by atoms with Gasteiger partial charge in [0.2, 0.25) is 0 Å². The number of aromatic nitrogens is 2. The van der Waals surface area contributed by atoms with Gasteiger partial charge in [-0.1, -0.05) is 42.4 Å². The molecule has 0 fully saturated rings. The summed E-state index contributed by atoms with van der Waals surface area (Å²) in [6.07, 6.45) is 3.75. The SMILES string of the molecule is CCCSc1nccc(Cc2cccc(Cl)c2)n1. The molecule has 0 aliphatic carbocycles. The number of hydrogen-bond acceptors (Lipinski definition) is 3. The van der Waals surface area contributed by atoms with Crippen molar-refractivity contribution in [3.8, 4) is 0 Å². The van der Waals surface area contributed by atoms with Crippen LogP contribution in [0.15, 0.2) is 41.7 Å². The molecule has 18 heavy (non-hydrogen) atoms. The largest absolute Gasteiger partial charge is 0.231 e. The summed E-state index contributed by atoms with van der Waals surface area (Å²) in [5.41, 5.74) is 2.21. The van der Waals surface area contributed by atoms with Crippen molar-refractivity contribution < 1.29 is 0 Å². The van der Waals surface area contributed by atoms with Crippen LogP contribution in [0.4, 0.5) is 0 Å². The number of nitrogens with zero attached hydrogens (tertiary/aromatic N) is 2. The van der Waals surface area contributed by atoms with Crippen molar-refractivity contribution in [1.29, 1.82) is 0 Å². The Bertz CT molecular complexity index is 517. The molecule has 0 saturated carbocycles. The minimum atomic E-state index is 0.766. The van der Waals surface area contributed by atoms with Gasteiger partial charge in [-0.25, -0.2) is 9.97 Å². The van der Waals surface area contributed by atoms with Gasteiger partial charge in [-0.3, -0.25) is 0 Å². The van der Waals surface area contributed by atoms with Gasteiger partial charge in [0.1, 0.15) is 0 Å². The highest BCUT2D eigenvalue weighted by Gasteiger charge is 2.02. The molecule has 1 heterocycles. The van der Waals surface area contributed by atoms with Crippen LogP contribution < -0.4 is 0 Å². The van der Waals surface area contributed by atoms with Crippen LogP contribution in [0.3, 0.4) is 0 Å². The summed E-state index contributed by atoms with van der Waals surface area (Å²) in [5, 5.41) is 1.62. The number of thioether (sulfide) groups is 1. The number of halogens is 1. The predicted octanol–water partition coefficient (Wildman–Crippen LogP) is 4.22. The van der Waals surface area contributed by atoms with Crippen molar-refractivity contribution in [2.75, 3.05) is 5.75 Å². The lowest BCUT2D eigenvalue weighted by Crippen LogP contribution is -1.95. The maximum absolute atomic E-state index is 5.97. The minimum Gasteiger partial charge on any atom is -0.231 e. The van der Waals surface area contributed by atoms with E-state index in [4.69, 9.17) is 11.6 Å². The summed E-state index contributed by atoms with van der Waals surface area (Å²) in [5.74, 6) is 1.06. The summed E-state index contributed by atoms with van der Waals surface area (Å²) < 4.78 is 0. The van der Waals surface area contributed by atoms with Crippen LogP contribution >= 0.6 is 23.4 Å². The maximum Gasteiger partial charge on any atom is 0.187 e. The Hall–Kier alpha value is -1.06. The second-order valence-electron chi connectivity index (χ2n) is 3.99. The second kappa shape index (κ2) is 6.76. The fraction of sp³-hybridized carbons (Fsp3) is 0.286. The van der Waals surface area contributed by atoms with E-state index in [1.54, 1.807) is 11.8 Å². The van der Waals surface area contributed by atoms with Crippen molar-refractivity contribution >= 4 is 23.4 Å². The Morgan fingerprint density at radius 3 is 2.94 bits per heavy atom. The molecule has 0 saturated heterocycles. The molecule has 0 spiro atoms. The predicted molar refractivity (Wildman–Crippen MR) is 77.3 cm³/mol. The summed E-state index contributed by atoms with van der Waals surface area (Å²) in [7, 11) is 0. The Balaban J connectivity index is 2.09. The zero-order valence-corrected chi connectivity index (χ0v) is 11.8. The first-order chi connectivity index (χ1) is 8.78. The fourth-order valence-electron chi connectivity index (χ4n) is 1.59. The van der Waals surface area contributed by atoms with Gasteiger partial charge in [-0.05, 0) is 30.2 Å². The smallest absolute Gasteiger partial charge is 0.187 e. The molecule has 1 aromatic heterocycles. The Morgan fingerprint density at radius 1 is 1.28 bits per heavy atom. The average Bonchev–Trinajstić information content (AvgIpc) is 2.37. The van der Waals surface area contributed by atoms with E-state index in [-0.39, 0.29) is 0 Å². The van der Waals surface area contributed by atoms with E-state index in [9.17, 15) is 0 Å². The van der Waals surface area contributed by atoms with Crippen LogP contribution in [-0.4, -0.2) is 15.7 Å². The van der Waals surface area contributed by atoms with Gasteiger partial charge in [0, 0.05) is 29.1 Å². The molecule has 0 aliphatic rings. The molecule has 1 aromatic carbocycles. The third-order valence-electron chi connectivity index (χ3n) is 2.40. The first-order valence-corrected chi connectivity index (χ1v) is 7.33. The van der Waals surface area contributed by atoms with E-state index in [1.807, 2.05) is 30.5 Å². The van der Waals surface area contributed by atoms with Gasteiger partial charge < -0.3 is 0 Å². The molecule has 0 N–H and O–H groups in total. The van der Waals surface area contributed by atoms with Crippen molar-refractivity contribution in [3.05, 3.63) is 52.8 Å². The molecule has 94 valence electrons. The van der Waals surface area contributed by atoms with E-state index >= 15 is 0 Å². The third kappa shape index (κ3) is 4.00. The van der Waals surface area contributed by atoms with Gasteiger partial charge in [-0.2, -0.15) is 0 Å². The van der Waals surface area contributed by atoms with Gasteiger partial charge in [0.05, 0.1) is 0 Å². The highest BCUT2D eigenvalue weighted by molar-refractivity contribution is 7.99. The van der Waals surface area contributed by atoms with Crippen molar-refractivity contribution in [1.82, 2.24) is 9.97 Å². The zero-order chi connectivity index (χ0) is 12.8. The van der Waals surface area contributed by atoms with Crippen molar-refractivity contribution in [2.24, 2.45) is 0 Å². The molecule has 0 unspecified atom stereocenters. The molecule has 2 aromatic rings. The summed E-state index contributed by atoms with van der Waals surface area (Å²) >= 11 is 7.67. The molecule has 0 bridgehead atoms. The number of benzene rings is 1. The normalized spacial score (nSPS) is 10.6. The van der Waals surface area contributed by atoms with Crippen molar-refractivity contribution in [2.45, 2.75) is 24.9 Å². The van der Waals surface area contributed by atoms with E-state index < -0.39 is 0 Å². The molecular formula is C14H15ClN2S. The minimum absolute atomic E-state index is 0.766. The Labute approximate surface area is 117 Å². The summed E-state index contributed by atoms with van der Waals surface area (Å²) in [6, 6.07) is 9.84. The maximum atomic E-state index is 5.97. The van der Waals surface area contributed by atoms with Crippen LogP contribution in [0, 0.1) is 0 Å². The summed E-state index contributed by atoms with van der Waals surface area (Å²) in [6.45, 7) is 2.16. The highest BCUT2D eigenvalue weighted by Crippen LogP contribution is 2.16. The van der Waals surface area contributed by atoms with Crippen molar-refractivity contribution in [3.63, 3.8) is 0 Å². The molecule has 4 heteroatoms. The van der Waals surface area contributed by atoms with Crippen LogP contribution in [0.5, 0.6) is 0 Å². The van der Waals surface area contributed by atoms with Crippen LogP contribution in [-0.2, 0) is 6.42 Å². The molecule has 2 nitrogen and oxygen atoms in total. The lowest BCUT2D eigenvalue weighted by atomic mass is 10.1. The van der Waals surface area contributed by atoms with Gasteiger partial charge in [0.25, 0.3) is 0 Å². The van der Waals surface area contributed by atoms with Gasteiger partial charge in [0.15, 0.2) is 5.16 Å². The molecule has 2 rings (SSSR count). The Morgan fingerprint density at radius 2 is 2.17 bits per heavy atom. The molecule has 0 radical (unpaired) electrons. The van der Waals surface area contributed by atoms with E-state index in [0.29, 0.717) is 0 Å². The zero-order valence-electron chi connectivity index (χ0n) is 10.3. The monoisotopic (exact) mass is 278 g/mol. The lowest BCUT2D eigenvalue weighted by Gasteiger charge is -2.03. The topological polar surface area (TPSA) is 25.8 Å². The highest BCUT2D eigenvalue weighted by atomic mass is 35.5. The first kappa shape index (κ1) is 13.4. The summed E-state index contributed by atoms with van der Waals surface area (Å²) in [4.78, 5) is 8.81. The van der Waals surface area contributed by atoms with Crippen LogP contribution in [0.1, 0.15) is 24.6 Å². The van der Waals surface area contributed by atoms with Crippen LogP contribution in [0.2, 0.25) is 5.02 Å². The third-order valence-corrected chi connectivity index (χ3v) is 3.70. The van der Waals surface area contributed by atoms with Crippen LogP contribution in [0.25, 0.3) is 0 Å². The molecule has 0 aliphatic heterocycles. The lowest BCUT2D eigenvalue weighted by molar-refractivity contribution is 0.900. The second-order valence-corrected chi connectivity index (χ2v) is 5.48. The van der Waals surface area contributed by atoms with E-state index in [0.717, 1.165) is 34.5 Å². The molecule has 0 atom stereocenters. The van der Waals surface area contributed by atoms with E-state index in [2.05, 4.69) is 23.0 Å². The standard InChI is InChI=1S/C14H15ClN2S/c1-2-8-18-14-16-7-6-13(17-14)10-11-4-3-5-12(15)9-11/h3-7,9H,2,8,10H2,1H3. The average molecular weight is 279 g/mol. The quantitative estimate of drug-likeness (QED) is 0.605. The Kier molecular flexibility index (Phi) is 5.02. The van der Waals surface area contributed by atoms with E-state index in [1.165, 1.54) is 5.56 Å². The number of hydrogen-bond donors (Lipinski definition) is 0. The fourth-order valence-corrected chi connectivity index (χ4v) is 2.51. The first-order valence-electron chi connectivity index (χ1n) is 5.97.